The summed E-state index contributed by atoms with van der Waals surface area (Å²) in [6.07, 6.45) is 0.528. The standard InChI is InChI=1S/C25H27N5O2/c1-2-16-31-21-12-8-19(9-13-21)23-28-24(26)29-25(27)30(23)20-10-14-22(15-11-20)32-17-18-6-4-3-5-7-18/h3-15,23H,2,16-17H2,1H3,(H4,26,27,28,29). The van der Waals surface area contributed by atoms with Crippen molar-refractivity contribution in [2.45, 2.75) is 26.1 Å². The zero-order valence-corrected chi connectivity index (χ0v) is 18.0. The SMILES string of the molecule is CCCOc1ccc(C2N=C(N)N=C(N)N2c2ccc(OCc3ccccc3)cc2)cc1. The molecule has 32 heavy (non-hydrogen) atoms. The van der Waals surface area contributed by atoms with E-state index in [1.165, 1.54) is 0 Å². The van der Waals surface area contributed by atoms with E-state index < -0.39 is 6.17 Å². The Morgan fingerprint density at radius 1 is 0.844 bits per heavy atom. The Kier molecular flexibility index (Phi) is 6.55. The Morgan fingerprint density at radius 3 is 2.19 bits per heavy atom. The predicted octanol–water partition coefficient (Wildman–Crippen LogP) is 4.20. The van der Waals surface area contributed by atoms with Gasteiger partial charge in [-0.1, -0.05) is 49.4 Å². The quantitative estimate of drug-likeness (QED) is 0.559. The van der Waals surface area contributed by atoms with Crippen LogP contribution in [0.2, 0.25) is 0 Å². The monoisotopic (exact) mass is 429 g/mol. The summed E-state index contributed by atoms with van der Waals surface area (Å²) < 4.78 is 11.6. The molecule has 0 aliphatic carbocycles. The topological polar surface area (TPSA) is 98.5 Å². The molecule has 0 bridgehead atoms. The molecule has 3 aromatic carbocycles. The van der Waals surface area contributed by atoms with Crippen LogP contribution in [0.25, 0.3) is 0 Å². The largest absolute Gasteiger partial charge is 0.494 e. The molecular weight excluding hydrogens is 402 g/mol. The summed E-state index contributed by atoms with van der Waals surface area (Å²) in [6, 6.07) is 25.5. The van der Waals surface area contributed by atoms with Crippen LogP contribution in [-0.2, 0) is 6.61 Å². The summed E-state index contributed by atoms with van der Waals surface area (Å²) in [5.41, 5.74) is 15.1. The van der Waals surface area contributed by atoms with Crippen LogP contribution in [-0.4, -0.2) is 18.5 Å². The summed E-state index contributed by atoms with van der Waals surface area (Å²) in [6.45, 7) is 3.26. The van der Waals surface area contributed by atoms with Crippen LogP contribution in [0, 0.1) is 0 Å². The molecule has 1 atom stereocenters. The molecular formula is C25H27N5O2. The van der Waals surface area contributed by atoms with E-state index >= 15 is 0 Å². The van der Waals surface area contributed by atoms with Crippen LogP contribution >= 0.6 is 0 Å². The molecule has 164 valence electrons. The highest BCUT2D eigenvalue weighted by Gasteiger charge is 2.27. The second-order valence-corrected chi connectivity index (χ2v) is 7.39. The number of guanidine groups is 2. The first-order valence-corrected chi connectivity index (χ1v) is 10.6. The number of anilines is 1. The molecule has 1 aliphatic heterocycles. The summed E-state index contributed by atoms with van der Waals surface area (Å²) in [4.78, 5) is 10.5. The summed E-state index contributed by atoms with van der Waals surface area (Å²) in [5, 5.41) is 0. The Labute approximate surface area is 188 Å². The normalized spacial score (nSPS) is 15.7. The van der Waals surface area contributed by atoms with Crippen LogP contribution in [0.5, 0.6) is 11.5 Å². The van der Waals surface area contributed by atoms with Crippen molar-refractivity contribution in [1.82, 2.24) is 0 Å². The van der Waals surface area contributed by atoms with Crippen molar-refractivity contribution < 1.29 is 9.47 Å². The van der Waals surface area contributed by atoms with E-state index in [2.05, 4.69) is 16.9 Å². The van der Waals surface area contributed by atoms with Crippen molar-refractivity contribution in [3.05, 3.63) is 90.0 Å². The highest BCUT2D eigenvalue weighted by atomic mass is 16.5. The highest BCUT2D eigenvalue weighted by molar-refractivity contribution is 6.04. The minimum atomic E-state index is -0.427. The Morgan fingerprint density at radius 2 is 1.50 bits per heavy atom. The van der Waals surface area contributed by atoms with Gasteiger partial charge < -0.3 is 20.9 Å². The van der Waals surface area contributed by atoms with Gasteiger partial charge in [0.05, 0.1) is 6.61 Å². The summed E-state index contributed by atoms with van der Waals surface area (Å²) in [5.74, 6) is 2.02. The third-order valence-electron chi connectivity index (χ3n) is 4.99. The minimum absolute atomic E-state index is 0.151. The van der Waals surface area contributed by atoms with Crippen molar-refractivity contribution in [3.8, 4) is 11.5 Å². The minimum Gasteiger partial charge on any atom is -0.494 e. The van der Waals surface area contributed by atoms with Gasteiger partial charge >= 0.3 is 0 Å². The van der Waals surface area contributed by atoms with E-state index in [1.54, 1.807) is 0 Å². The molecule has 0 saturated heterocycles. The second kappa shape index (κ2) is 9.87. The average molecular weight is 430 g/mol. The van der Waals surface area contributed by atoms with Crippen molar-refractivity contribution >= 4 is 17.6 Å². The van der Waals surface area contributed by atoms with Gasteiger partial charge in [0.25, 0.3) is 0 Å². The van der Waals surface area contributed by atoms with Crippen molar-refractivity contribution in [2.24, 2.45) is 21.5 Å². The average Bonchev–Trinajstić information content (AvgIpc) is 2.82. The fraction of sp³-hybridized carbons (Fsp3) is 0.200. The number of rotatable bonds is 8. The number of ether oxygens (including phenoxy) is 2. The molecule has 1 unspecified atom stereocenters. The number of nitrogens with zero attached hydrogens (tertiary/aromatic N) is 3. The molecule has 4 rings (SSSR count). The molecule has 1 aliphatic rings. The second-order valence-electron chi connectivity index (χ2n) is 7.39. The first kappa shape index (κ1) is 21.2. The van der Waals surface area contributed by atoms with Gasteiger partial charge in [-0.2, -0.15) is 4.99 Å². The Hall–Kier alpha value is -4.00. The van der Waals surface area contributed by atoms with Crippen LogP contribution < -0.4 is 25.8 Å². The highest BCUT2D eigenvalue weighted by Crippen LogP contribution is 2.32. The maximum atomic E-state index is 6.26. The molecule has 0 fully saturated rings. The van der Waals surface area contributed by atoms with E-state index in [4.69, 9.17) is 20.9 Å². The Bertz CT molecular complexity index is 1080. The molecule has 0 radical (unpaired) electrons. The van der Waals surface area contributed by atoms with Gasteiger partial charge in [0.1, 0.15) is 18.1 Å². The molecule has 3 aromatic rings. The summed E-state index contributed by atoms with van der Waals surface area (Å²) >= 11 is 0. The number of benzene rings is 3. The maximum Gasteiger partial charge on any atom is 0.221 e. The van der Waals surface area contributed by atoms with Crippen LogP contribution in [0.1, 0.15) is 30.6 Å². The molecule has 7 heteroatoms. The van der Waals surface area contributed by atoms with Crippen LogP contribution in [0.4, 0.5) is 5.69 Å². The zero-order chi connectivity index (χ0) is 22.3. The molecule has 1 heterocycles. The fourth-order valence-corrected chi connectivity index (χ4v) is 3.41. The van der Waals surface area contributed by atoms with E-state index in [1.807, 2.05) is 83.8 Å². The molecule has 7 nitrogen and oxygen atoms in total. The van der Waals surface area contributed by atoms with Gasteiger partial charge in [-0.05, 0) is 53.9 Å². The van der Waals surface area contributed by atoms with Gasteiger partial charge in [0, 0.05) is 5.69 Å². The lowest BCUT2D eigenvalue weighted by Crippen LogP contribution is -2.44. The lowest BCUT2D eigenvalue weighted by molar-refractivity contribution is 0.306. The van der Waals surface area contributed by atoms with Crippen molar-refractivity contribution in [3.63, 3.8) is 0 Å². The first-order valence-electron chi connectivity index (χ1n) is 10.6. The van der Waals surface area contributed by atoms with Gasteiger partial charge in [0.2, 0.25) is 11.9 Å². The zero-order valence-electron chi connectivity index (χ0n) is 18.0. The van der Waals surface area contributed by atoms with Gasteiger partial charge in [-0.25, -0.2) is 4.99 Å². The third kappa shape index (κ3) is 5.00. The van der Waals surface area contributed by atoms with Crippen molar-refractivity contribution in [1.29, 1.82) is 0 Å². The van der Waals surface area contributed by atoms with Gasteiger partial charge in [-0.15, -0.1) is 0 Å². The number of aliphatic imine (C=N–C) groups is 2. The molecule has 0 aromatic heterocycles. The first-order chi connectivity index (χ1) is 15.6. The molecule has 0 spiro atoms. The maximum absolute atomic E-state index is 6.26. The van der Waals surface area contributed by atoms with E-state index in [0.29, 0.717) is 13.2 Å². The molecule has 4 N–H and O–H groups in total. The lowest BCUT2D eigenvalue weighted by Gasteiger charge is -2.32. The number of hydrogen-bond acceptors (Lipinski definition) is 7. The summed E-state index contributed by atoms with van der Waals surface area (Å²) in [7, 11) is 0. The van der Waals surface area contributed by atoms with E-state index in [9.17, 15) is 0 Å². The van der Waals surface area contributed by atoms with Crippen LogP contribution in [0.3, 0.4) is 0 Å². The fourth-order valence-electron chi connectivity index (χ4n) is 3.41. The van der Waals surface area contributed by atoms with Gasteiger partial charge in [-0.3, -0.25) is 4.90 Å². The Balaban J connectivity index is 1.52. The van der Waals surface area contributed by atoms with Crippen LogP contribution in [0.15, 0.2) is 88.8 Å². The molecule has 0 saturated carbocycles. The van der Waals surface area contributed by atoms with Crippen molar-refractivity contribution in [2.75, 3.05) is 11.5 Å². The molecule has 0 amide bonds. The lowest BCUT2D eigenvalue weighted by atomic mass is 10.1. The third-order valence-corrected chi connectivity index (χ3v) is 4.99. The van der Waals surface area contributed by atoms with E-state index in [-0.39, 0.29) is 11.9 Å². The number of nitrogens with two attached hydrogens (primary N) is 2. The number of hydrogen-bond donors (Lipinski definition) is 2. The van der Waals surface area contributed by atoms with Gasteiger partial charge in [0.15, 0.2) is 6.17 Å². The van der Waals surface area contributed by atoms with E-state index in [0.717, 1.165) is 34.7 Å². The smallest absolute Gasteiger partial charge is 0.221 e. The predicted molar refractivity (Wildman–Crippen MR) is 128 cm³/mol.